The van der Waals surface area contributed by atoms with E-state index in [1.54, 1.807) is 48.5 Å². The average molecular weight is 510 g/mol. The van der Waals surface area contributed by atoms with Gasteiger partial charge in [0.1, 0.15) is 17.6 Å². The number of halogens is 2. The summed E-state index contributed by atoms with van der Waals surface area (Å²) in [7, 11) is 0. The van der Waals surface area contributed by atoms with Crippen molar-refractivity contribution in [3.8, 4) is 0 Å². The Bertz CT molecular complexity index is 1330. The number of carbonyl (C=O) groups excluding carboxylic acids is 3. The predicted octanol–water partition coefficient (Wildman–Crippen LogP) is 4.49. The number of anilines is 1. The van der Waals surface area contributed by atoms with E-state index in [0.717, 1.165) is 6.07 Å². The fraction of sp³-hybridized carbons (Fsp3) is 0.115. The second-order valence-electron chi connectivity index (χ2n) is 7.63. The Kier molecular flexibility index (Phi) is 7.82. The summed E-state index contributed by atoms with van der Waals surface area (Å²) < 4.78 is 24.3. The Morgan fingerprint density at radius 3 is 2.33 bits per heavy atom. The molecular formula is C26H21ClFN3O5. The van der Waals surface area contributed by atoms with Crippen LogP contribution < -0.4 is 15.5 Å². The highest BCUT2D eigenvalue weighted by Crippen LogP contribution is 2.31. The van der Waals surface area contributed by atoms with E-state index in [1.165, 1.54) is 35.6 Å². The van der Waals surface area contributed by atoms with Crippen LogP contribution in [0.3, 0.4) is 0 Å². The minimum atomic E-state index is -1.17. The van der Waals surface area contributed by atoms with Gasteiger partial charge in [0, 0.05) is 5.69 Å². The molecule has 0 saturated heterocycles. The molecule has 0 bridgehead atoms. The Balaban J connectivity index is 1.68. The van der Waals surface area contributed by atoms with Gasteiger partial charge in [0.25, 0.3) is 5.91 Å². The topological polar surface area (TPSA) is 105 Å². The van der Waals surface area contributed by atoms with Crippen molar-refractivity contribution >= 4 is 35.0 Å². The molecule has 0 radical (unpaired) electrons. The molecule has 0 aliphatic rings. The molecule has 0 aliphatic heterocycles. The Morgan fingerprint density at radius 1 is 0.917 bits per heavy atom. The third kappa shape index (κ3) is 5.81. The number of nitrogens with zero attached hydrogens (tertiary/aromatic N) is 1. The van der Waals surface area contributed by atoms with Crippen LogP contribution in [0.2, 0.25) is 5.02 Å². The van der Waals surface area contributed by atoms with Crippen molar-refractivity contribution in [2.75, 3.05) is 11.4 Å². The van der Waals surface area contributed by atoms with Gasteiger partial charge in [-0.05, 0) is 48.0 Å². The van der Waals surface area contributed by atoms with Gasteiger partial charge in [-0.2, -0.15) is 0 Å². The summed E-state index contributed by atoms with van der Waals surface area (Å²) in [6, 6.07) is 17.5. The van der Waals surface area contributed by atoms with Crippen LogP contribution >= 0.6 is 11.6 Å². The molecule has 10 heteroatoms. The third-order valence-corrected chi connectivity index (χ3v) is 5.52. The molecule has 3 amide bonds. The number of nitrogens with one attached hydrogen (secondary N) is 2. The lowest BCUT2D eigenvalue weighted by molar-refractivity contribution is -0.126. The zero-order valence-electron chi connectivity index (χ0n) is 18.8. The summed E-state index contributed by atoms with van der Waals surface area (Å²) >= 11 is 6.01. The largest absolute Gasteiger partial charge is 0.467 e. The first-order chi connectivity index (χ1) is 17.4. The van der Waals surface area contributed by atoms with Crippen molar-refractivity contribution in [3.63, 3.8) is 0 Å². The molecule has 0 unspecified atom stereocenters. The number of furan rings is 2. The molecule has 184 valence electrons. The minimum absolute atomic E-state index is 0.0231. The van der Waals surface area contributed by atoms with Crippen LogP contribution in [0.15, 0.2) is 94.2 Å². The fourth-order valence-electron chi connectivity index (χ4n) is 3.54. The van der Waals surface area contributed by atoms with Crippen LogP contribution in [-0.4, -0.2) is 24.3 Å². The van der Waals surface area contributed by atoms with Gasteiger partial charge >= 0.3 is 0 Å². The molecule has 0 aliphatic carbocycles. The van der Waals surface area contributed by atoms with Crippen molar-refractivity contribution in [1.82, 2.24) is 10.6 Å². The molecule has 2 N–H and O–H groups in total. The average Bonchev–Trinajstić information content (AvgIpc) is 3.61. The Hall–Kier alpha value is -4.37. The number of carbonyl (C=O) groups is 3. The summed E-state index contributed by atoms with van der Waals surface area (Å²) in [6.07, 6.45) is 2.81. The van der Waals surface area contributed by atoms with Crippen LogP contribution in [0, 0.1) is 5.82 Å². The highest BCUT2D eigenvalue weighted by atomic mass is 35.5. The summed E-state index contributed by atoms with van der Waals surface area (Å²) in [5.74, 6) is -1.91. The molecule has 2 aromatic heterocycles. The van der Waals surface area contributed by atoms with Gasteiger partial charge < -0.3 is 19.5 Å². The maximum atomic E-state index is 13.9. The smallest absolute Gasteiger partial charge is 0.287 e. The van der Waals surface area contributed by atoms with E-state index in [-0.39, 0.29) is 23.0 Å². The third-order valence-electron chi connectivity index (χ3n) is 5.23. The maximum absolute atomic E-state index is 13.9. The monoisotopic (exact) mass is 509 g/mol. The van der Waals surface area contributed by atoms with Crippen molar-refractivity contribution in [1.29, 1.82) is 0 Å². The van der Waals surface area contributed by atoms with Gasteiger partial charge in [0.05, 0.1) is 30.6 Å². The summed E-state index contributed by atoms with van der Waals surface area (Å²) in [6.45, 7) is -0.389. The van der Waals surface area contributed by atoms with E-state index in [1.807, 2.05) is 0 Å². The van der Waals surface area contributed by atoms with Crippen molar-refractivity contribution < 1.29 is 27.6 Å². The van der Waals surface area contributed by atoms with Gasteiger partial charge in [-0.15, -0.1) is 0 Å². The lowest BCUT2D eigenvalue weighted by Crippen LogP contribution is -2.47. The number of rotatable bonds is 9. The number of amides is 3. The predicted molar refractivity (Wildman–Crippen MR) is 130 cm³/mol. The van der Waals surface area contributed by atoms with Crippen molar-refractivity contribution in [2.24, 2.45) is 0 Å². The van der Waals surface area contributed by atoms with Gasteiger partial charge in [0.15, 0.2) is 5.76 Å². The van der Waals surface area contributed by atoms with Crippen molar-refractivity contribution in [2.45, 2.75) is 12.6 Å². The van der Waals surface area contributed by atoms with Gasteiger partial charge in [-0.25, -0.2) is 4.39 Å². The summed E-state index contributed by atoms with van der Waals surface area (Å²) in [5, 5.41) is 5.02. The molecule has 1 atom stereocenters. The lowest BCUT2D eigenvalue weighted by atomic mass is 10.0. The highest BCUT2D eigenvalue weighted by molar-refractivity contribution is 6.31. The first-order valence-corrected chi connectivity index (χ1v) is 11.3. The number of hydrogen-bond donors (Lipinski definition) is 2. The SMILES string of the molecule is O=C(NCC(=O)N(c1ccc(F)c(Cl)c1)[C@@H](C(=O)NCc1ccco1)c1ccccc1)c1ccco1. The zero-order chi connectivity index (χ0) is 25.5. The van der Waals surface area contributed by atoms with E-state index >= 15 is 0 Å². The number of hydrogen-bond acceptors (Lipinski definition) is 5. The molecular weight excluding hydrogens is 489 g/mol. The zero-order valence-corrected chi connectivity index (χ0v) is 19.6. The molecule has 2 aromatic carbocycles. The van der Waals surface area contributed by atoms with Crippen LogP contribution in [0.5, 0.6) is 0 Å². The molecule has 0 fully saturated rings. The van der Waals surface area contributed by atoms with E-state index in [9.17, 15) is 18.8 Å². The quantitative estimate of drug-likeness (QED) is 0.346. The molecule has 36 heavy (non-hydrogen) atoms. The molecule has 0 spiro atoms. The van der Waals surface area contributed by atoms with Crippen molar-refractivity contribution in [3.05, 3.63) is 113 Å². The molecule has 4 rings (SSSR count). The second-order valence-corrected chi connectivity index (χ2v) is 8.04. The molecule has 2 heterocycles. The first kappa shape index (κ1) is 24.7. The Labute approximate surface area is 210 Å². The second kappa shape index (κ2) is 11.4. The van der Waals surface area contributed by atoms with E-state index in [4.69, 9.17) is 20.4 Å². The van der Waals surface area contributed by atoms with Gasteiger partial charge in [-0.1, -0.05) is 41.9 Å². The molecule has 4 aromatic rings. The molecule has 8 nitrogen and oxygen atoms in total. The minimum Gasteiger partial charge on any atom is -0.467 e. The summed E-state index contributed by atoms with van der Waals surface area (Å²) in [4.78, 5) is 40.5. The van der Waals surface area contributed by atoms with Gasteiger partial charge in [0.2, 0.25) is 11.8 Å². The van der Waals surface area contributed by atoms with Gasteiger partial charge in [-0.3, -0.25) is 19.3 Å². The highest BCUT2D eigenvalue weighted by Gasteiger charge is 2.33. The fourth-order valence-corrected chi connectivity index (χ4v) is 3.72. The van der Waals surface area contributed by atoms with E-state index in [0.29, 0.717) is 11.3 Å². The van der Waals surface area contributed by atoms with Crippen LogP contribution in [-0.2, 0) is 16.1 Å². The van der Waals surface area contributed by atoms with Crippen LogP contribution in [0.1, 0.15) is 27.9 Å². The number of benzene rings is 2. The first-order valence-electron chi connectivity index (χ1n) is 10.9. The Morgan fingerprint density at radius 2 is 1.67 bits per heavy atom. The standard InChI is InChI=1S/C26H21ClFN3O5/c27-20-14-18(10-11-21(20)28)31(23(32)16-30-25(33)22-9-5-13-36-22)24(17-6-2-1-3-7-17)26(34)29-15-19-8-4-12-35-19/h1-14,24H,15-16H2,(H,29,34)(H,30,33)/t24-/m1/s1. The lowest BCUT2D eigenvalue weighted by Gasteiger charge is -2.31. The van der Waals surface area contributed by atoms with E-state index in [2.05, 4.69) is 10.6 Å². The molecule has 0 saturated carbocycles. The van der Waals surface area contributed by atoms with E-state index < -0.39 is 36.1 Å². The summed E-state index contributed by atoms with van der Waals surface area (Å²) in [5.41, 5.74) is 0.654. The maximum Gasteiger partial charge on any atom is 0.287 e. The van der Waals surface area contributed by atoms with Crippen LogP contribution in [0.25, 0.3) is 0 Å². The normalized spacial score (nSPS) is 11.5. The van der Waals surface area contributed by atoms with Crippen LogP contribution in [0.4, 0.5) is 10.1 Å².